The number of carbonyl (C=O) groups excluding carboxylic acids is 1. The zero-order valence-electron chi connectivity index (χ0n) is 10.3. The Morgan fingerprint density at radius 3 is 2.79 bits per heavy atom. The fraction of sp³-hybridized carbons (Fsp3) is 0.214. The zero-order chi connectivity index (χ0) is 13.8. The van der Waals surface area contributed by atoms with E-state index in [0.29, 0.717) is 10.0 Å². The smallest absolute Gasteiger partial charge is 0.224 e. The van der Waals surface area contributed by atoms with E-state index in [1.54, 1.807) is 29.5 Å². The lowest BCUT2D eigenvalue weighted by Gasteiger charge is -2.12. The maximum Gasteiger partial charge on any atom is 0.224 e. The molecule has 0 aliphatic heterocycles. The number of rotatable bonds is 4. The van der Waals surface area contributed by atoms with Gasteiger partial charge in [-0.25, -0.2) is 0 Å². The van der Waals surface area contributed by atoms with Crippen LogP contribution in [0.4, 0.5) is 0 Å². The van der Waals surface area contributed by atoms with Gasteiger partial charge in [0.1, 0.15) is 0 Å². The van der Waals surface area contributed by atoms with Crippen molar-refractivity contribution < 1.29 is 4.79 Å². The molecule has 5 heteroatoms. The second kappa shape index (κ2) is 6.42. The maximum atomic E-state index is 12.0. The molecule has 19 heavy (non-hydrogen) atoms. The standard InChI is InChI=1S/C14H13Cl2NOS/c1-9(13-3-2-6-19-13)17-14(18)7-10-4-5-11(15)8-12(10)16/h2-6,8-9H,7H2,1H3,(H,17,18). The fourth-order valence-electron chi connectivity index (χ4n) is 1.74. The summed E-state index contributed by atoms with van der Waals surface area (Å²) >= 11 is 13.5. The van der Waals surface area contributed by atoms with Crippen LogP contribution in [-0.2, 0) is 11.2 Å². The summed E-state index contributed by atoms with van der Waals surface area (Å²) in [6.45, 7) is 1.97. The van der Waals surface area contributed by atoms with Crippen molar-refractivity contribution in [2.45, 2.75) is 19.4 Å². The van der Waals surface area contributed by atoms with E-state index in [4.69, 9.17) is 23.2 Å². The zero-order valence-corrected chi connectivity index (χ0v) is 12.6. The van der Waals surface area contributed by atoms with Crippen molar-refractivity contribution in [1.82, 2.24) is 5.32 Å². The largest absolute Gasteiger partial charge is 0.348 e. The molecule has 1 unspecified atom stereocenters. The second-order valence-corrected chi connectivity index (χ2v) is 6.04. The highest BCUT2D eigenvalue weighted by Crippen LogP contribution is 2.22. The van der Waals surface area contributed by atoms with Crippen LogP contribution >= 0.6 is 34.5 Å². The molecule has 0 aliphatic carbocycles. The third kappa shape index (κ3) is 3.96. The third-order valence-electron chi connectivity index (χ3n) is 2.71. The van der Waals surface area contributed by atoms with Gasteiger partial charge in [-0.2, -0.15) is 0 Å². The van der Waals surface area contributed by atoms with Crippen LogP contribution in [0.1, 0.15) is 23.4 Å². The average molecular weight is 314 g/mol. The van der Waals surface area contributed by atoms with Gasteiger partial charge in [-0.05, 0) is 36.1 Å². The van der Waals surface area contributed by atoms with Crippen LogP contribution in [0, 0.1) is 0 Å². The predicted molar refractivity (Wildman–Crippen MR) is 81.0 cm³/mol. The van der Waals surface area contributed by atoms with Gasteiger partial charge in [0.15, 0.2) is 0 Å². The van der Waals surface area contributed by atoms with Crippen LogP contribution in [0.25, 0.3) is 0 Å². The molecule has 1 heterocycles. The molecular formula is C14H13Cl2NOS. The number of hydrogen-bond donors (Lipinski definition) is 1. The lowest BCUT2D eigenvalue weighted by atomic mass is 10.1. The van der Waals surface area contributed by atoms with Crippen LogP contribution in [-0.4, -0.2) is 5.91 Å². The normalized spacial score (nSPS) is 12.2. The van der Waals surface area contributed by atoms with Gasteiger partial charge in [0, 0.05) is 14.9 Å². The summed E-state index contributed by atoms with van der Waals surface area (Å²) in [5.41, 5.74) is 0.780. The minimum Gasteiger partial charge on any atom is -0.348 e. The van der Waals surface area contributed by atoms with E-state index in [9.17, 15) is 4.79 Å². The quantitative estimate of drug-likeness (QED) is 0.886. The Bertz CT molecular complexity index is 569. The Labute approximate surface area is 126 Å². The maximum absolute atomic E-state index is 12.0. The van der Waals surface area contributed by atoms with Gasteiger partial charge >= 0.3 is 0 Å². The van der Waals surface area contributed by atoms with E-state index in [1.165, 1.54) is 0 Å². The monoisotopic (exact) mass is 313 g/mol. The van der Waals surface area contributed by atoms with Crippen molar-refractivity contribution in [3.05, 3.63) is 56.2 Å². The first-order valence-corrected chi connectivity index (χ1v) is 7.46. The molecule has 0 saturated heterocycles. The highest BCUT2D eigenvalue weighted by atomic mass is 35.5. The molecule has 0 bridgehead atoms. The summed E-state index contributed by atoms with van der Waals surface area (Å²) in [5, 5.41) is 6.04. The first kappa shape index (κ1) is 14.4. The van der Waals surface area contributed by atoms with Crippen LogP contribution in [0.15, 0.2) is 35.7 Å². The molecule has 100 valence electrons. The van der Waals surface area contributed by atoms with Gasteiger partial charge in [-0.3, -0.25) is 4.79 Å². The number of benzene rings is 1. The van der Waals surface area contributed by atoms with Crippen molar-refractivity contribution in [2.75, 3.05) is 0 Å². The molecule has 1 aromatic heterocycles. The van der Waals surface area contributed by atoms with E-state index >= 15 is 0 Å². The van der Waals surface area contributed by atoms with Gasteiger partial charge in [-0.15, -0.1) is 11.3 Å². The summed E-state index contributed by atoms with van der Waals surface area (Å²) < 4.78 is 0. The minimum absolute atomic E-state index is 0.0126. The molecule has 0 spiro atoms. The van der Waals surface area contributed by atoms with Crippen LogP contribution in [0.2, 0.25) is 10.0 Å². The molecule has 1 N–H and O–H groups in total. The Balaban J connectivity index is 1.98. The lowest BCUT2D eigenvalue weighted by molar-refractivity contribution is -0.121. The molecule has 0 radical (unpaired) electrons. The van der Waals surface area contributed by atoms with Gasteiger partial charge < -0.3 is 5.32 Å². The lowest BCUT2D eigenvalue weighted by Crippen LogP contribution is -2.27. The number of thiophene rings is 1. The third-order valence-corrected chi connectivity index (χ3v) is 4.36. The Hall–Kier alpha value is -1.03. The fourth-order valence-corrected chi connectivity index (χ4v) is 2.95. The van der Waals surface area contributed by atoms with E-state index < -0.39 is 0 Å². The van der Waals surface area contributed by atoms with Crippen molar-refractivity contribution >= 4 is 40.4 Å². The van der Waals surface area contributed by atoms with Crippen LogP contribution in [0.3, 0.4) is 0 Å². The average Bonchev–Trinajstić information content (AvgIpc) is 2.86. The SMILES string of the molecule is CC(NC(=O)Cc1ccc(Cl)cc1Cl)c1cccs1. The highest BCUT2D eigenvalue weighted by Gasteiger charge is 2.12. The Kier molecular flexibility index (Phi) is 4.86. The molecule has 0 fully saturated rings. The summed E-state index contributed by atoms with van der Waals surface area (Å²) in [5.74, 6) is -0.0508. The van der Waals surface area contributed by atoms with Crippen LogP contribution in [0.5, 0.6) is 0 Å². The summed E-state index contributed by atoms with van der Waals surface area (Å²) in [4.78, 5) is 13.1. The Morgan fingerprint density at radius 1 is 1.37 bits per heavy atom. The first-order valence-electron chi connectivity index (χ1n) is 5.83. The van der Waals surface area contributed by atoms with Crippen LogP contribution < -0.4 is 5.32 Å². The number of amides is 1. The van der Waals surface area contributed by atoms with Gasteiger partial charge in [0.2, 0.25) is 5.91 Å². The molecule has 0 saturated carbocycles. The van der Waals surface area contributed by atoms with Crippen molar-refractivity contribution in [3.8, 4) is 0 Å². The highest BCUT2D eigenvalue weighted by molar-refractivity contribution is 7.10. The first-order chi connectivity index (χ1) is 9.06. The Morgan fingerprint density at radius 2 is 2.16 bits per heavy atom. The molecule has 0 aliphatic rings. The molecule has 2 nitrogen and oxygen atoms in total. The number of carbonyl (C=O) groups is 1. The molecule has 1 aromatic carbocycles. The van der Waals surface area contributed by atoms with Gasteiger partial charge in [0.05, 0.1) is 12.5 Å². The summed E-state index contributed by atoms with van der Waals surface area (Å²) in [6, 6.07) is 9.15. The van der Waals surface area contributed by atoms with E-state index in [1.807, 2.05) is 24.4 Å². The number of hydrogen-bond acceptors (Lipinski definition) is 2. The number of halogens is 2. The molecule has 2 rings (SSSR count). The van der Waals surface area contributed by atoms with Gasteiger partial charge in [-0.1, -0.05) is 35.3 Å². The molecule has 1 atom stereocenters. The minimum atomic E-state index is -0.0508. The second-order valence-electron chi connectivity index (χ2n) is 4.22. The van der Waals surface area contributed by atoms with Crippen molar-refractivity contribution in [2.24, 2.45) is 0 Å². The summed E-state index contributed by atoms with van der Waals surface area (Å²) in [6.07, 6.45) is 0.256. The predicted octanol–water partition coefficient (Wildman–Crippen LogP) is 4.47. The van der Waals surface area contributed by atoms with Crippen molar-refractivity contribution in [3.63, 3.8) is 0 Å². The summed E-state index contributed by atoms with van der Waals surface area (Å²) in [7, 11) is 0. The van der Waals surface area contributed by atoms with E-state index in [0.717, 1.165) is 10.4 Å². The molecule has 1 amide bonds. The van der Waals surface area contributed by atoms with Crippen molar-refractivity contribution in [1.29, 1.82) is 0 Å². The van der Waals surface area contributed by atoms with E-state index in [-0.39, 0.29) is 18.4 Å². The molecular weight excluding hydrogens is 301 g/mol. The molecule has 2 aromatic rings. The number of nitrogens with one attached hydrogen (secondary N) is 1. The topological polar surface area (TPSA) is 29.1 Å². The van der Waals surface area contributed by atoms with E-state index in [2.05, 4.69) is 5.32 Å². The van der Waals surface area contributed by atoms with Gasteiger partial charge in [0.25, 0.3) is 0 Å².